The van der Waals surface area contributed by atoms with Crippen LogP contribution in [0, 0.1) is 0 Å². The summed E-state index contributed by atoms with van der Waals surface area (Å²) < 4.78 is 36.0. The van der Waals surface area contributed by atoms with Crippen molar-refractivity contribution in [3.8, 4) is 0 Å². The quantitative estimate of drug-likeness (QED) is 0.859. The topological polar surface area (TPSA) is 66.5 Å². The third-order valence-corrected chi connectivity index (χ3v) is 2.96. The number of nitrogens with one attached hydrogen (secondary N) is 1. The summed E-state index contributed by atoms with van der Waals surface area (Å²) in [5.41, 5.74) is 0.174. The summed E-state index contributed by atoms with van der Waals surface area (Å²) in [5.74, 6) is -2.85. The average molecular weight is 321 g/mol. The van der Waals surface area contributed by atoms with E-state index < -0.39 is 36.9 Å². The van der Waals surface area contributed by atoms with E-state index in [1.54, 1.807) is 5.32 Å². The zero-order valence-electron chi connectivity index (χ0n) is 10.3. The molecule has 2 amide bonds. The zero-order valence-corrected chi connectivity index (χ0v) is 11.1. The fourth-order valence-electron chi connectivity index (χ4n) is 1.83. The van der Waals surface area contributed by atoms with E-state index in [0.717, 1.165) is 4.90 Å². The second-order valence-electron chi connectivity index (χ2n) is 4.27. The first-order valence-corrected chi connectivity index (χ1v) is 6.06. The van der Waals surface area contributed by atoms with Crippen LogP contribution in [0.3, 0.4) is 0 Å². The van der Waals surface area contributed by atoms with Crippen molar-refractivity contribution in [1.82, 2.24) is 5.32 Å². The second-order valence-corrected chi connectivity index (χ2v) is 4.71. The van der Waals surface area contributed by atoms with Crippen LogP contribution in [0.2, 0.25) is 5.02 Å². The maximum atomic E-state index is 12.0. The molecule has 0 atom stereocenters. The molecular formula is C12H8ClF3N2O3. The van der Waals surface area contributed by atoms with Crippen molar-refractivity contribution < 1.29 is 27.6 Å². The second kappa shape index (κ2) is 5.36. The lowest BCUT2D eigenvalue weighted by atomic mass is 10.1. The maximum absolute atomic E-state index is 12.0. The van der Waals surface area contributed by atoms with Gasteiger partial charge < -0.3 is 5.32 Å². The van der Waals surface area contributed by atoms with Gasteiger partial charge in [-0.05, 0) is 18.2 Å². The van der Waals surface area contributed by atoms with Crippen LogP contribution in [0.1, 0.15) is 10.4 Å². The summed E-state index contributed by atoms with van der Waals surface area (Å²) in [5, 5.41) is 1.87. The number of rotatable bonds is 3. The Morgan fingerprint density at radius 1 is 1.29 bits per heavy atom. The molecule has 1 N–H and O–H groups in total. The number of nitrogens with zero attached hydrogens (tertiary/aromatic N) is 1. The first-order chi connectivity index (χ1) is 9.69. The van der Waals surface area contributed by atoms with E-state index in [4.69, 9.17) is 11.6 Å². The van der Waals surface area contributed by atoms with Gasteiger partial charge in [-0.1, -0.05) is 11.6 Å². The number of hydrogen-bond donors (Lipinski definition) is 1. The number of alkyl halides is 3. The minimum atomic E-state index is -4.55. The highest BCUT2D eigenvalue weighted by atomic mass is 35.5. The molecule has 1 aromatic carbocycles. The van der Waals surface area contributed by atoms with E-state index in [2.05, 4.69) is 0 Å². The van der Waals surface area contributed by atoms with Crippen LogP contribution in [-0.4, -0.2) is 36.9 Å². The highest BCUT2D eigenvalue weighted by Crippen LogP contribution is 2.30. The Morgan fingerprint density at radius 2 is 1.95 bits per heavy atom. The Labute approximate surface area is 121 Å². The SMILES string of the molecule is O=C(CN1C(=O)C(=O)c2cc(Cl)ccc21)NCC(F)(F)F. The largest absolute Gasteiger partial charge is 0.405 e. The van der Waals surface area contributed by atoms with E-state index in [1.165, 1.54) is 18.2 Å². The minimum absolute atomic E-state index is 0.0242. The Bertz CT molecular complexity index is 631. The Balaban J connectivity index is 2.13. The Kier molecular flexibility index (Phi) is 3.91. The van der Waals surface area contributed by atoms with E-state index >= 15 is 0 Å². The first-order valence-electron chi connectivity index (χ1n) is 5.68. The highest BCUT2D eigenvalue weighted by Gasteiger charge is 2.37. The molecule has 0 aromatic heterocycles. The number of anilines is 1. The normalized spacial score (nSPS) is 14.4. The monoisotopic (exact) mass is 320 g/mol. The molecular weight excluding hydrogens is 313 g/mol. The first kappa shape index (κ1) is 15.3. The number of benzene rings is 1. The van der Waals surface area contributed by atoms with E-state index in [-0.39, 0.29) is 16.3 Å². The molecule has 9 heteroatoms. The number of halogens is 4. The molecule has 5 nitrogen and oxygen atoms in total. The fraction of sp³-hybridized carbons (Fsp3) is 0.250. The molecule has 0 saturated heterocycles. The molecule has 1 heterocycles. The molecule has 112 valence electrons. The smallest absolute Gasteiger partial charge is 0.345 e. The van der Waals surface area contributed by atoms with Gasteiger partial charge in [-0.2, -0.15) is 13.2 Å². The summed E-state index contributed by atoms with van der Waals surface area (Å²) in [6, 6.07) is 4.04. The summed E-state index contributed by atoms with van der Waals surface area (Å²) in [4.78, 5) is 35.7. The van der Waals surface area contributed by atoms with Gasteiger partial charge in [0.05, 0.1) is 11.3 Å². The van der Waals surface area contributed by atoms with Crippen LogP contribution in [0.15, 0.2) is 18.2 Å². The number of hydrogen-bond acceptors (Lipinski definition) is 3. The summed E-state index contributed by atoms with van der Waals surface area (Å²) in [6.45, 7) is -2.18. The standard InChI is InChI=1S/C12H8ClF3N2O3/c13-6-1-2-8-7(3-6)10(20)11(21)18(8)4-9(19)17-5-12(14,15)16/h1-3H,4-5H2,(H,17,19). The molecule has 0 saturated carbocycles. The molecule has 21 heavy (non-hydrogen) atoms. The maximum Gasteiger partial charge on any atom is 0.405 e. The van der Waals surface area contributed by atoms with Gasteiger partial charge in [0, 0.05) is 5.02 Å². The molecule has 1 aliphatic rings. The van der Waals surface area contributed by atoms with Crippen molar-refractivity contribution in [2.24, 2.45) is 0 Å². The number of ketones is 1. The predicted octanol–water partition coefficient (Wildman–Crippen LogP) is 1.55. The van der Waals surface area contributed by atoms with Crippen molar-refractivity contribution in [1.29, 1.82) is 0 Å². The molecule has 0 unspecified atom stereocenters. The third kappa shape index (κ3) is 3.33. The van der Waals surface area contributed by atoms with Gasteiger partial charge in [-0.15, -0.1) is 0 Å². The lowest BCUT2D eigenvalue weighted by Gasteiger charge is -2.16. The van der Waals surface area contributed by atoms with Gasteiger partial charge in [-0.3, -0.25) is 19.3 Å². The number of amides is 2. The van der Waals surface area contributed by atoms with Gasteiger partial charge in [-0.25, -0.2) is 0 Å². The molecule has 0 radical (unpaired) electrons. The zero-order chi connectivity index (χ0) is 15.8. The van der Waals surface area contributed by atoms with E-state index in [0.29, 0.717) is 0 Å². The van der Waals surface area contributed by atoms with Crippen molar-refractivity contribution in [2.45, 2.75) is 6.18 Å². The molecule has 0 spiro atoms. The van der Waals surface area contributed by atoms with E-state index in [1.807, 2.05) is 0 Å². The molecule has 0 fully saturated rings. The van der Waals surface area contributed by atoms with Crippen LogP contribution in [0.5, 0.6) is 0 Å². The highest BCUT2D eigenvalue weighted by molar-refractivity contribution is 6.53. The summed E-state index contributed by atoms with van der Waals surface area (Å²) in [6.07, 6.45) is -4.55. The van der Waals surface area contributed by atoms with Gasteiger partial charge in [0.25, 0.3) is 11.7 Å². The molecule has 0 aliphatic carbocycles. The van der Waals surface area contributed by atoms with Crippen LogP contribution >= 0.6 is 11.6 Å². The number of carbonyl (C=O) groups is 3. The lowest BCUT2D eigenvalue weighted by Crippen LogP contribution is -2.43. The van der Waals surface area contributed by atoms with Crippen molar-refractivity contribution in [3.63, 3.8) is 0 Å². The van der Waals surface area contributed by atoms with Crippen molar-refractivity contribution in [3.05, 3.63) is 28.8 Å². The number of fused-ring (bicyclic) bond motifs is 1. The van der Waals surface area contributed by atoms with Crippen LogP contribution in [0.4, 0.5) is 18.9 Å². The van der Waals surface area contributed by atoms with Gasteiger partial charge in [0.1, 0.15) is 13.1 Å². The third-order valence-electron chi connectivity index (χ3n) is 2.72. The van der Waals surface area contributed by atoms with Crippen molar-refractivity contribution in [2.75, 3.05) is 18.0 Å². The van der Waals surface area contributed by atoms with Gasteiger partial charge >= 0.3 is 6.18 Å². The Hall–Kier alpha value is -2.09. The molecule has 1 aliphatic heterocycles. The minimum Gasteiger partial charge on any atom is -0.345 e. The summed E-state index contributed by atoms with van der Waals surface area (Å²) in [7, 11) is 0. The fourth-order valence-corrected chi connectivity index (χ4v) is 2.00. The predicted molar refractivity (Wildman–Crippen MR) is 67.2 cm³/mol. The molecule has 1 aromatic rings. The van der Waals surface area contributed by atoms with Crippen LogP contribution in [0.25, 0.3) is 0 Å². The summed E-state index contributed by atoms with van der Waals surface area (Å²) >= 11 is 5.70. The van der Waals surface area contributed by atoms with Gasteiger partial charge in [0.2, 0.25) is 5.91 Å². The number of carbonyl (C=O) groups excluding carboxylic acids is 3. The lowest BCUT2D eigenvalue weighted by molar-refractivity contribution is -0.137. The molecule has 0 bridgehead atoms. The van der Waals surface area contributed by atoms with Gasteiger partial charge in [0.15, 0.2) is 0 Å². The number of Topliss-reactive ketones (excluding diaryl/α,β-unsaturated/α-hetero) is 1. The van der Waals surface area contributed by atoms with Crippen molar-refractivity contribution >= 4 is 34.9 Å². The average Bonchev–Trinajstić information content (AvgIpc) is 2.61. The van der Waals surface area contributed by atoms with Crippen LogP contribution in [-0.2, 0) is 9.59 Å². The molecule has 2 rings (SSSR count). The van der Waals surface area contributed by atoms with E-state index in [9.17, 15) is 27.6 Å². The van der Waals surface area contributed by atoms with Crippen LogP contribution < -0.4 is 10.2 Å². The Morgan fingerprint density at radius 3 is 2.57 bits per heavy atom.